The molecule has 0 radical (unpaired) electrons. The summed E-state index contributed by atoms with van der Waals surface area (Å²) in [6, 6.07) is 1.15. The molecule has 0 bridgehead atoms. The maximum absolute atomic E-state index is 13.1. The molecule has 0 saturated heterocycles. The first-order valence-electron chi connectivity index (χ1n) is 3.46. The summed E-state index contributed by atoms with van der Waals surface area (Å²) in [6.45, 7) is -0.428. The molecule has 0 fully saturated rings. The van der Waals surface area contributed by atoms with E-state index >= 15 is 0 Å². The molecule has 5 heteroatoms. The zero-order valence-corrected chi connectivity index (χ0v) is 7.60. The quantitative estimate of drug-likeness (QED) is 0.774. The number of ether oxygens (including phenoxy) is 1. The van der Waals surface area contributed by atoms with Crippen LogP contribution >= 0.6 is 11.6 Å². The van der Waals surface area contributed by atoms with Gasteiger partial charge >= 0.3 is 0 Å². The molecule has 3 nitrogen and oxygen atoms in total. The van der Waals surface area contributed by atoms with Gasteiger partial charge < -0.3 is 14.9 Å². The van der Waals surface area contributed by atoms with Crippen LogP contribution in [0.25, 0.3) is 0 Å². The number of aliphatic hydroxyl groups excluding tert-OH is 1. The first-order valence-corrected chi connectivity index (χ1v) is 3.84. The Balaban J connectivity index is 3.39. The fourth-order valence-corrected chi connectivity index (χ4v) is 1.17. The Labute approximate surface area is 79.3 Å². The molecular weight excluding hydrogens is 199 g/mol. The monoisotopic (exact) mass is 206 g/mol. The van der Waals surface area contributed by atoms with Crippen molar-refractivity contribution in [3.63, 3.8) is 0 Å². The summed E-state index contributed by atoms with van der Waals surface area (Å²) in [5.74, 6) is -1.61. The van der Waals surface area contributed by atoms with Crippen LogP contribution in [-0.4, -0.2) is 17.3 Å². The number of halogens is 2. The van der Waals surface area contributed by atoms with Gasteiger partial charge in [0.1, 0.15) is 0 Å². The second-order valence-electron chi connectivity index (χ2n) is 2.37. The zero-order valence-electron chi connectivity index (χ0n) is 6.84. The number of hydrogen-bond donors (Lipinski definition) is 2. The smallest absolute Gasteiger partial charge is 0.198 e. The molecule has 72 valence electrons. The summed E-state index contributed by atoms with van der Waals surface area (Å²) < 4.78 is 17.7. The highest BCUT2D eigenvalue weighted by Gasteiger charge is 2.16. The van der Waals surface area contributed by atoms with Crippen LogP contribution in [-0.2, 0) is 6.61 Å². The van der Waals surface area contributed by atoms with Crippen molar-refractivity contribution in [2.45, 2.75) is 6.61 Å². The number of aromatic hydroxyl groups is 1. The van der Waals surface area contributed by atoms with Gasteiger partial charge in [0.15, 0.2) is 17.3 Å². The first kappa shape index (κ1) is 10.1. The van der Waals surface area contributed by atoms with Crippen LogP contribution in [0.3, 0.4) is 0 Å². The lowest BCUT2D eigenvalue weighted by molar-refractivity contribution is 0.271. The normalized spacial score (nSPS) is 10.2. The molecule has 0 amide bonds. The van der Waals surface area contributed by atoms with E-state index in [1.54, 1.807) is 0 Å². The lowest BCUT2D eigenvalue weighted by atomic mass is 10.2. The summed E-state index contributed by atoms with van der Waals surface area (Å²) in [5.41, 5.74) is 0.128. The Morgan fingerprint density at radius 3 is 2.69 bits per heavy atom. The molecule has 13 heavy (non-hydrogen) atoms. The molecule has 0 aliphatic rings. The number of rotatable bonds is 2. The van der Waals surface area contributed by atoms with Crippen molar-refractivity contribution in [3.8, 4) is 11.5 Å². The molecule has 1 aromatic carbocycles. The predicted molar refractivity (Wildman–Crippen MR) is 45.5 cm³/mol. The van der Waals surface area contributed by atoms with Gasteiger partial charge in [-0.05, 0) is 6.07 Å². The molecule has 1 aromatic rings. The number of aliphatic hydroxyl groups is 1. The average Bonchev–Trinajstić information content (AvgIpc) is 2.12. The Morgan fingerprint density at radius 1 is 1.62 bits per heavy atom. The summed E-state index contributed by atoms with van der Waals surface area (Å²) in [6.07, 6.45) is 0. The van der Waals surface area contributed by atoms with Crippen LogP contribution < -0.4 is 4.74 Å². The van der Waals surface area contributed by atoms with E-state index in [-0.39, 0.29) is 16.3 Å². The van der Waals surface area contributed by atoms with Gasteiger partial charge in [-0.2, -0.15) is 0 Å². The minimum atomic E-state index is -0.834. The van der Waals surface area contributed by atoms with E-state index in [1.807, 2.05) is 0 Å². The minimum Gasteiger partial charge on any atom is -0.504 e. The van der Waals surface area contributed by atoms with Gasteiger partial charge in [0.05, 0.1) is 18.7 Å². The van der Waals surface area contributed by atoms with Crippen molar-refractivity contribution in [1.29, 1.82) is 0 Å². The molecule has 0 atom stereocenters. The molecular formula is C8H8ClFO3. The van der Waals surface area contributed by atoms with Crippen molar-refractivity contribution >= 4 is 11.6 Å². The lowest BCUT2D eigenvalue weighted by Gasteiger charge is -2.09. The van der Waals surface area contributed by atoms with Crippen molar-refractivity contribution in [2.24, 2.45) is 0 Å². The van der Waals surface area contributed by atoms with E-state index in [0.717, 1.165) is 6.07 Å². The minimum absolute atomic E-state index is 0.128. The molecule has 0 unspecified atom stereocenters. The molecule has 0 saturated carbocycles. The lowest BCUT2D eigenvalue weighted by Crippen LogP contribution is -1.94. The Bertz CT molecular complexity index is 328. The Morgan fingerprint density at radius 2 is 2.23 bits per heavy atom. The number of benzene rings is 1. The van der Waals surface area contributed by atoms with Crippen LogP contribution in [0, 0.1) is 5.82 Å². The molecule has 1 rings (SSSR count). The zero-order chi connectivity index (χ0) is 10.0. The topological polar surface area (TPSA) is 49.7 Å². The summed E-state index contributed by atoms with van der Waals surface area (Å²) in [4.78, 5) is 0. The summed E-state index contributed by atoms with van der Waals surface area (Å²) >= 11 is 5.47. The largest absolute Gasteiger partial charge is 0.504 e. The van der Waals surface area contributed by atoms with Crippen molar-refractivity contribution < 1.29 is 19.3 Å². The fourth-order valence-electron chi connectivity index (χ4n) is 0.950. The van der Waals surface area contributed by atoms with Crippen molar-refractivity contribution in [3.05, 3.63) is 22.5 Å². The third kappa shape index (κ3) is 1.68. The van der Waals surface area contributed by atoms with E-state index in [4.69, 9.17) is 16.7 Å². The van der Waals surface area contributed by atoms with E-state index in [0.29, 0.717) is 0 Å². The van der Waals surface area contributed by atoms with Crippen molar-refractivity contribution in [2.75, 3.05) is 7.11 Å². The van der Waals surface area contributed by atoms with Crippen LogP contribution in [0.1, 0.15) is 5.56 Å². The van der Waals surface area contributed by atoms with E-state index in [1.165, 1.54) is 7.11 Å². The Kier molecular flexibility index (Phi) is 2.95. The highest BCUT2D eigenvalue weighted by atomic mass is 35.5. The SMILES string of the molecule is COc1c(O)c(CO)cc(Cl)c1F. The van der Waals surface area contributed by atoms with Crippen molar-refractivity contribution in [1.82, 2.24) is 0 Å². The van der Waals surface area contributed by atoms with Gasteiger partial charge in [-0.3, -0.25) is 0 Å². The molecule has 2 N–H and O–H groups in total. The first-order chi connectivity index (χ1) is 6.11. The number of phenols is 1. The molecule has 0 aliphatic carbocycles. The van der Waals surface area contributed by atoms with Crippen LogP contribution in [0.5, 0.6) is 11.5 Å². The predicted octanol–water partition coefficient (Wildman–Crippen LogP) is 1.69. The highest BCUT2D eigenvalue weighted by molar-refractivity contribution is 6.31. The molecule has 0 spiro atoms. The molecule has 0 heterocycles. The maximum Gasteiger partial charge on any atom is 0.198 e. The second-order valence-corrected chi connectivity index (χ2v) is 2.78. The standard InChI is InChI=1S/C8H8ClFO3/c1-13-8-6(10)5(9)2-4(3-11)7(8)12/h2,11-12H,3H2,1H3. The van der Waals surface area contributed by atoms with Gasteiger partial charge in [0, 0.05) is 5.56 Å². The Hall–Kier alpha value is -1.00. The summed E-state index contributed by atoms with van der Waals surface area (Å²) in [5, 5.41) is 17.9. The van der Waals surface area contributed by atoms with E-state index in [9.17, 15) is 9.50 Å². The van der Waals surface area contributed by atoms with Gasteiger partial charge in [-0.1, -0.05) is 11.6 Å². The van der Waals surface area contributed by atoms with Crippen LogP contribution in [0.15, 0.2) is 6.07 Å². The average molecular weight is 207 g/mol. The van der Waals surface area contributed by atoms with E-state index in [2.05, 4.69) is 4.74 Å². The van der Waals surface area contributed by atoms with Crippen LogP contribution in [0.2, 0.25) is 5.02 Å². The second kappa shape index (κ2) is 3.81. The third-order valence-corrected chi connectivity index (χ3v) is 1.88. The van der Waals surface area contributed by atoms with E-state index < -0.39 is 18.2 Å². The molecule has 0 aliphatic heterocycles. The summed E-state index contributed by atoms with van der Waals surface area (Å²) in [7, 11) is 1.20. The van der Waals surface area contributed by atoms with Gasteiger partial charge in [0.2, 0.25) is 0 Å². The number of methoxy groups -OCH3 is 1. The van der Waals surface area contributed by atoms with Gasteiger partial charge in [-0.15, -0.1) is 0 Å². The third-order valence-electron chi connectivity index (χ3n) is 1.60. The highest BCUT2D eigenvalue weighted by Crippen LogP contribution is 2.36. The number of hydrogen-bond acceptors (Lipinski definition) is 3. The molecule has 0 aromatic heterocycles. The fraction of sp³-hybridized carbons (Fsp3) is 0.250. The van der Waals surface area contributed by atoms with Gasteiger partial charge in [-0.25, -0.2) is 4.39 Å². The van der Waals surface area contributed by atoms with Crippen LogP contribution in [0.4, 0.5) is 4.39 Å². The maximum atomic E-state index is 13.1. The van der Waals surface area contributed by atoms with Gasteiger partial charge in [0.25, 0.3) is 0 Å².